The average molecular weight is 240 g/mol. The van der Waals surface area contributed by atoms with Crippen LogP contribution in [0.25, 0.3) is 0 Å². The van der Waals surface area contributed by atoms with Crippen molar-refractivity contribution in [3.05, 3.63) is 0 Å². The molecule has 5 atom stereocenters. The Morgan fingerprint density at radius 2 is 2.29 bits per heavy atom. The van der Waals surface area contributed by atoms with E-state index in [1.807, 2.05) is 0 Å². The van der Waals surface area contributed by atoms with Crippen LogP contribution in [0.5, 0.6) is 0 Å². The smallest absolute Gasteiger partial charge is 0.0791 e. The van der Waals surface area contributed by atoms with Gasteiger partial charge < -0.3 is 20.9 Å². The Bertz CT molecular complexity index is 312. The van der Waals surface area contributed by atoms with Gasteiger partial charge in [-0.25, -0.2) is 0 Å². The van der Waals surface area contributed by atoms with Crippen LogP contribution in [0.1, 0.15) is 32.6 Å². The van der Waals surface area contributed by atoms with Gasteiger partial charge in [0.15, 0.2) is 0 Å². The summed E-state index contributed by atoms with van der Waals surface area (Å²) in [5, 5.41) is 14.6. The minimum Gasteiger partial charge on any atom is -0.389 e. The predicted molar refractivity (Wildman–Crippen MR) is 65.6 cm³/mol. The summed E-state index contributed by atoms with van der Waals surface area (Å²) >= 11 is 0. The van der Waals surface area contributed by atoms with Gasteiger partial charge in [-0.1, -0.05) is 6.92 Å². The second-order valence-electron chi connectivity index (χ2n) is 6.17. The number of ether oxygens (including phenoxy) is 1. The molecule has 4 heteroatoms. The molecule has 0 saturated carbocycles. The number of piperidine rings is 1. The molecule has 3 saturated heterocycles. The Morgan fingerprint density at radius 1 is 1.47 bits per heavy atom. The summed E-state index contributed by atoms with van der Waals surface area (Å²) in [6.07, 6.45) is 4.50. The number of nitrogens with one attached hydrogen (secondary N) is 1. The molecule has 2 bridgehead atoms. The minimum atomic E-state index is -0.646. The number of fused-ring (bicyclic) bond motifs is 2. The lowest BCUT2D eigenvalue weighted by atomic mass is 9.57. The summed E-state index contributed by atoms with van der Waals surface area (Å²) in [5.74, 6) is 0.253. The van der Waals surface area contributed by atoms with E-state index >= 15 is 0 Å². The zero-order valence-electron chi connectivity index (χ0n) is 10.6. The van der Waals surface area contributed by atoms with Gasteiger partial charge in [0.1, 0.15) is 0 Å². The van der Waals surface area contributed by atoms with Crippen LogP contribution in [0.3, 0.4) is 0 Å². The van der Waals surface area contributed by atoms with E-state index in [-0.39, 0.29) is 17.4 Å². The van der Waals surface area contributed by atoms with E-state index in [0.29, 0.717) is 12.6 Å². The Labute approximate surface area is 103 Å². The highest BCUT2D eigenvalue weighted by molar-refractivity contribution is 5.14. The molecule has 17 heavy (non-hydrogen) atoms. The Kier molecular flexibility index (Phi) is 2.74. The maximum Gasteiger partial charge on any atom is 0.0791 e. The van der Waals surface area contributed by atoms with Crippen LogP contribution < -0.4 is 11.1 Å². The third kappa shape index (κ3) is 1.44. The normalized spacial score (nSPS) is 54.2. The van der Waals surface area contributed by atoms with Crippen molar-refractivity contribution < 1.29 is 9.84 Å². The van der Waals surface area contributed by atoms with Gasteiger partial charge in [0, 0.05) is 18.5 Å². The summed E-state index contributed by atoms with van der Waals surface area (Å²) in [7, 11) is 0. The van der Waals surface area contributed by atoms with Crippen molar-refractivity contribution in [1.82, 2.24) is 5.32 Å². The summed E-state index contributed by atoms with van der Waals surface area (Å²) in [6.45, 7) is 4.46. The first-order chi connectivity index (χ1) is 8.12. The van der Waals surface area contributed by atoms with E-state index in [9.17, 15) is 5.11 Å². The summed E-state index contributed by atoms with van der Waals surface area (Å²) in [6, 6.07) is 0. The van der Waals surface area contributed by atoms with Gasteiger partial charge in [-0.05, 0) is 38.1 Å². The van der Waals surface area contributed by atoms with E-state index in [4.69, 9.17) is 10.5 Å². The van der Waals surface area contributed by atoms with E-state index in [0.717, 1.165) is 38.8 Å². The number of rotatable bonds is 2. The molecule has 3 aliphatic rings. The standard InChI is InChI=1S/C13H24N2O2/c1-9-7-15-5-4-13(9,16)12(8-14)6-10-2-3-11(12)17-10/h9-11,15-16H,2-8,14H2,1H3. The third-order valence-corrected chi connectivity index (χ3v) is 5.49. The number of aliphatic hydroxyl groups is 1. The molecule has 0 radical (unpaired) electrons. The lowest BCUT2D eigenvalue weighted by molar-refractivity contribution is -0.155. The fraction of sp³-hybridized carbons (Fsp3) is 1.00. The van der Waals surface area contributed by atoms with E-state index in [1.54, 1.807) is 0 Å². The van der Waals surface area contributed by atoms with Crippen molar-refractivity contribution in [3.63, 3.8) is 0 Å². The number of hydrogen-bond acceptors (Lipinski definition) is 4. The van der Waals surface area contributed by atoms with Gasteiger partial charge in [0.25, 0.3) is 0 Å². The first-order valence-electron chi connectivity index (χ1n) is 6.91. The largest absolute Gasteiger partial charge is 0.389 e. The molecule has 98 valence electrons. The Morgan fingerprint density at radius 3 is 2.82 bits per heavy atom. The molecule has 3 heterocycles. The van der Waals surface area contributed by atoms with Crippen molar-refractivity contribution in [2.45, 2.75) is 50.4 Å². The molecule has 4 nitrogen and oxygen atoms in total. The van der Waals surface area contributed by atoms with E-state index in [1.165, 1.54) is 0 Å². The lowest BCUT2D eigenvalue weighted by Gasteiger charge is -2.53. The van der Waals surface area contributed by atoms with Crippen LogP contribution >= 0.6 is 0 Å². The monoisotopic (exact) mass is 240 g/mol. The second kappa shape index (κ2) is 3.92. The highest BCUT2D eigenvalue weighted by atomic mass is 16.5. The topological polar surface area (TPSA) is 67.5 Å². The maximum absolute atomic E-state index is 11.2. The van der Waals surface area contributed by atoms with Crippen molar-refractivity contribution >= 4 is 0 Å². The molecule has 3 fully saturated rings. The van der Waals surface area contributed by atoms with Gasteiger partial charge in [-0.3, -0.25) is 0 Å². The molecule has 4 N–H and O–H groups in total. The predicted octanol–water partition coefficient (Wildman–Crippen LogP) is 0.243. The fourth-order valence-electron chi connectivity index (χ4n) is 4.40. The third-order valence-electron chi connectivity index (χ3n) is 5.49. The van der Waals surface area contributed by atoms with Crippen LogP contribution in [-0.2, 0) is 4.74 Å². The zero-order chi connectivity index (χ0) is 12.1. The number of nitrogens with two attached hydrogens (primary N) is 1. The van der Waals surface area contributed by atoms with Crippen LogP contribution in [0.2, 0.25) is 0 Å². The maximum atomic E-state index is 11.2. The fourth-order valence-corrected chi connectivity index (χ4v) is 4.40. The van der Waals surface area contributed by atoms with Crippen molar-refractivity contribution in [3.8, 4) is 0 Å². The van der Waals surface area contributed by atoms with E-state index < -0.39 is 5.60 Å². The summed E-state index contributed by atoms with van der Waals surface area (Å²) < 4.78 is 5.99. The van der Waals surface area contributed by atoms with Gasteiger partial charge >= 0.3 is 0 Å². The van der Waals surface area contributed by atoms with Gasteiger partial charge in [-0.15, -0.1) is 0 Å². The van der Waals surface area contributed by atoms with Crippen LogP contribution in [0.4, 0.5) is 0 Å². The molecule has 0 amide bonds. The average Bonchev–Trinajstić information content (AvgIpc) is 2.93. The van der Waals surface area contributed by atoms with Crippen molar-refractivity contribution in [1.29, 1.82) is 0 Å². The number of hydrogen-bond donors (Lipinski definition) is 3. The summed E-state index contributed by atoms with van der Waals surface area (Å²) in [4.78, 5) is 0. The van der Waals surface area contributed by atoms with Crippen LogP contribution in [-0.4, -0.2) is 42.5 Å². The molecule has 0 spiro atoms. The summed E-state index contributed by atoms with van der Waals surface area (Å²) in [5.41, 5.74) is 5.23. The first kappa shape index (κ1) is 11.9. The molecular formula is C13H24N2O2. The quantitative estimate of drug-likeness (QED) is 0.647. The molecule has 3 aliphatic heterocycles. The van der Waals surface area contributed by atoms with Crippen molar-refractivity contribution in [2.75, 3.05) is 19.6 Å². The molecule has 0 aromatic carbocycles. The highest BCUT2D eigenvalue weighted by Gasteiger charge is 2.63. The Balaban J connectivity index is 1.94. The molecule has 5 unspecified atom stereocenters. The van der Waals surface area contributed by atoms with E-state index in [2.05, 4.69) is 12.2 Å². The lowest BCUT2D eigenvalue weighted by Crippen LogP contribution is -2.65. The molecular weight excluding hydrogens is 216 g/mol. The SMILES string of the molecule is CC1CNCCC1(O)C1(CN)CC2CCC1O2. The van der Waals surface area contributed by atoms with Gasteiger partial charge in [-0.2, -0.15) is 0 Å². The highest BCUT2D eigenvalue weighted by Crippen LogP contribution is 2.56. The van der Waals surface area contributed by atoms with Crippen molar-refractivity contribution in [2.24, 2.45) is 17.1 Å². The van der Waals surface area contributed by atoms with Crippen LogP contribution in [0, 0.1) is 11.3 Å². The molecule has 0 aromatic rings. The zero-order valence-corrected chi connectivity index (χ0v) is 10.6. The van der Waals surface area contributed by atoms with Gasteiger partial charge in [0.2, 0.25) is 0 Å². The first-order valence-corrected chi connectivity index (χ1v) is 6.91. The molecule has 0 aliphatic carbocycles. The second-order valence-corrected chi connectivity index (χ2v) is 6.17. The van der Waals surface area contributed by atoms with Crippen LogP contribution in [0.15, 0.2) is 0 Å². The minimum absolute atomic E-state index is 0.183. The Hall–Kier alpha value is -0.160. The van der Waals surface area contributed by atoms with Gasteiger partial charge in [0.05, 0.1) is 17.8 Å². The molecule has 3 rings (SSSR count). The molecule has 0 aromatic heterocycles.